The van der Waals surface area contributed by atoms with Gasteiger partial charge in [0.05, 0.1) is 0 Å². The molecule has 28 heavy (non-hydrogen) atoms. The third-order valence-electron chi connectivity index (χ3n) is 4.18. The van der Waals surface area contributed by atoms with Gasteiger partial charge in [-0.05, 0) is 42.5 Å². The van der Waals surface area contributed by atoms with Gasteiger partial charge in [0.25, 0.3) is 11.8 Å². The number of hydrogen-bond acceptors (Lipinski definition) is 5. The topological polar surface area (TPSA) is 89.4 Å². The van der Waals surface area contributed by atoms with E-state index in [0.29, 0.717) is 18.8 Å². The summed E-state index contributed by atoms with van der Waals surface area (Å²) in [7, 11) is 3.44. The zero-order chi connectivity index (χ0) is 20.9. The number of aryl methyl sites for hydroxylation is 3. The van der Waals surface area contributed by atoms with Crippen LogP contribution >= 0.6 is 0 Å². The average molecular weight is 387 g/mol. The highest BCUT2D eigenvalue weighted by atomic mass is 16.5. The van der Waals surface area contributed by atoms with Gasteiger partial charge in [-0.25, -0.2) is 4.98 Å². The molecule has 0 radical (unpaired) electrons. The van der Waals surface area contributed by atoms with E-state index in [1.165, 1.54) is 11.0 Å². The quantitative estimate of drug-likeness (QED) is 0.745. The minimum absolute atomic E-state index is 0.0281. The van der Waals surface area contributed by atoms with Crippen molar-refractivity contribution in [2.24, 2.45) is 12.5 Å². The lowest BCUT2D eigenvalue weighted by Gasteiger charge is -2.30. The summed E-state index contributed by atoms with van der Waals surface area (Å²) < 4.78 is 7.12. The highest BCUT2D eigenvalue weighted by Crippen LogP contribution is 2.18. The molecule has 0 fully saturated rings. The molecule has 0 saturated carbocycles. The Kier molecular flexibility index (Phi) is 6.77. The Morgan fingerprint density at radius 1 is 1.21 bits per heavy atom. The van der Waals surface area contributed by atoms with Gasteiger partial charge >= 0.3 is 0 Å². The zero-order valence-electron chi connectivity index (χ0n) is 17.4. The second-order valence-electron chi connectivity index (χ2n) is 7.95. The molecule has 8 nitrogen and oxygen atoms in total. The first-order chi connectivity index (χ1) is 13.1. The van der Waals surface area contributed by atoms with E-state index in [-0.39, 0.29) is 29.7 Å². The van der Waals surface area contributed by atoms with E-state index >= 15 is 0 Å². The van der Waals surface area contributed by atoms with Crippen LogP contribution in [0, 0.1) is 19.3 Å². The number of carbonyl (C=O) groups excluding carboxylic acids is 2. The summed E-state index contributed by atoms with van der Waals surface area (Å²) in [6.45, 7) is 8.77. The first-order valence-electron chi connectivity index (χ1n) is 9.15. The molecule has 1 N–H and O–H groups in total. The maximum Gasteiger partial charge on any atom is 0.290 e. The van der Waals surface area contributed by atoms with Crippen molar-refractivity contribution < 1.29 is 14.3 Å². The Morgan fingerprint density at radius 3 is 2.43 bits per heavy atom. The number of nitrogens with zero attached hydrogens (tertiary/aromatic N) is 4. The van der Waals surface area contributed by atoms with Crippen LogP contribution in [-0.4, -0.2) is 58.2 Å². The Hall–Kier alpha value is -2.90. The number of nitrogens with one attached hydrogen (secondary N) is 1. The van der Waals surface area contributed by atoms with Crippen molar-refractivity contribution in [3.05, 3.63) is 41.5 Å². The van der Waals surface area contributed by atoms with E-state index in [0.717, 1.165) is 11.1 Å². The van der Waals surface area contributed by atoms with Gasteiger partial charge < -0.3 is 15.0 Å². The molecule has 0 saturated heterocycles. The molecule has 0 aliphatic rings. The van der Waals surface area contributed by atoms with Crippen molar-refractivity contribution in [2.45, 2.75) is 27.7 Å². The molecule has 0 unspecified atom stereocenters. The Labute approximate surface area is 165 Å². The first-order valence-corrected chi connectivity index (χ1v) is 9.15. The van der Waals surface area contributed by atoms with E-state index in [4.69, 9.17) is 4.74 Å². The van der Waals surface area contributed by atoms with Crippen LogP contribution < -0.4 is 10.1 Å². The summed E-state index contributed by atoms with van der Waals surface area (Å²) in [5.41, 5.74) is 1.86. The van der Waals surface area contributed by atoms with Crippen molar-refractivity contribution in [1.82, 2.24) is 25.0 Å². The molecule has 8 heteroatoms. The van der Waals surface area contributed by atoms with Crippen molar-refractivity contribution in [3.8, 4) is 5.75 Å². The minimum atomic E-state index is -0.333. The summed E-state index contributed by atoms with van der Waals surface area (Å²) in [6, 6.07) is 5.87. The second kappa shape index (κ2) is 8.86. The fourth-order valence-corrected chi connectivity index (χ4v) is 2.90. The monoisotopic (exact) mass is 387 g/mol. The molecule has 2 rings (SSSR count). The number of ether oxygens (including phenoxy) is 1. The SMILES string of the molecule is Cc1cc(C)cc(OCC(=O)N(C)CC(C)(C)CNC(=O)c2ncn(C)n2)c1. The molecule has 152 valence electrons. The zero-order valence-corrected chi connectivity index (χ0v) is 17.4. The Morgan fingerprint density at radius 2 is 1.86 bits per heavy atom. The Bertz CT molecular complexity index is 824. The van der Waals surface area contributed by atoms with E-state index < -0.39 is 0 Å². The number of hydrogen-bond donors (Lipinski definition) is 1. The molecule has 0 aliphatic carbocycles. The molecule has 1 aromatic carbocycles. The minimum Gasteiger partial charge on any atom is -0.484 e. The summed E-state index contributed by atoms with van der Waals surface area (Å²) in [6.07, 6.45) is 1.47. The smallest absolute Gasteiger partial charge is 0.290 e. The van der Waals surface area contributed by atoms with Gasteiger partial charge in [0, 0.05) is 27.2 Å². The Balaban J connectivity index is 1.82. The van der Waals surface area contributed by atoms with Gasteiger partial charge in [0.15, 0.2) is 6.61 Å². The van der Waals surface area contributed by atoms with E-state index in [1.54, 1.807) is 19.0 Å². The molecular weight excluding hydrogens is 358 g/mol. The lowest BCUT2D eigenvalue weighted by atomic mass is 9.92. The predicted octanol–water partition coefficient (Wildman–Crippen LogP) is 1.73. The standard InChI is InChI=1S/C20H29N5O3/c1-14-7-15(2)9-16(8-14)28-10-17(26)24(5)12-20(3,4)11-21-19(27)18-22-13-25(6)23-18/h7-9,13H,10-12H2,1-6H3,(H,21,27). The van der Waals surface area contributed by atoms with Crippen LogP contribution in [-0.2, 0) is 11.8 Å². The van der Waals surface area contributed by atoms with Crippen LogP contribution in [0.1, 0.15) is 35.6 Å². The van der Waals surface area contributed by atoms with Crippen LogP contribution in [0.4, 0.5) is 0 Å². The molecule has 1 aromatic heterocycles. The molecular formula is C20H29N5O3. The summed E-state index contributed by atoms with van der Waals surface area (Å²) in [4.78, 5) is 30.1. The number of rotatable bonds is 8. The molecule has 0 spiro atoms. The highest BCUT2D eigenvalue weighted by molar-refractivity contribution is 5.90. The maximum atomic E-state index is 12.4. The van der Waals surface area contributed by atoms with Crippen LogP contribution in [0.2, 0.25) is 0 Å². The lowest BCUT2D eigenvalue weighted by molar-refractivity contribution is -0.133. The summed E-state index contributed by atoms with van der Waals surface area (Å²) in [5, 5.41) is 6.80. The summed E-state index contributed by atoms with van der Waals surface area (Å²) in [5.74, 6) is 0.365. The third kappa shape index (κ3) is 6.37. The molecule has 1 heterocycles. The fourth-order valence-electron chi connectivity index (χ4n) is 2.90. The van der Waals surface area contributed by atoms with Gasteiger partial charge in [-0.3, -0.25) is 14.3 Å². The fraction of sp³-hybridized carbons (Fsp3) is 0.500. The first kappa shape index (κ1) is 21.4. The lowest BCUT2D eigenvalue weighted by Crippen LogP contribution is -2.44. The molecule has 0 aliphatic heterocycles. The number of amides is 2. The van der Waals surface area contributed by atoms with Gasteiger partial charge in [-0.2, -0.15) is 0 Å². The molecule has 2 aromatic rings. The van der Waals surface area contributed by atoms with Crippen LogP contribution in [0.3, 0.4) is 0 Å². The van der Waals surface area contributed by atoms with Crippen LogP contribution in [0.25, 0.3) is 0 Å². The predicted molar refractivity (Wildman–Crippen MR) is 106 cm³/mol. The molecule has 0 atom stereocenters. The molecule has 0 bridgehead atoms. The summed E-state index contributed by atoms with van der Waals surface area (Å²) >= 11 is 0. The van der Waals surface area contributed by atoms with Crippen molar-refractivity contribution >= 4 is 11.8 Å². The van der Waals surface area contributed by atoms with Gasteiger partial charge in [0.1, 0.15) is 12.1 Å². The van der Waals surface area contributed by atoms with E-state index in [2.05, 4.69) is 21.5 Å². The van der Waals surface area contributed by atoms with Gasteiger partial charge in [-0.1, -0.05) is 19.9 Å². The number of aromatic nitrogens is 3. The van der Waals surface area contributed by atoms with E-state index in [9.17, 15) is 9.59 Å². The number of likely N-dealkylation sites (N-methyl/N-ethyl adjacent to an activating group) is 1. The van der Waals surface area contributed by atoms with Crippen molar-refractivity contribution in [3.63, 3.8) is 0 Å². The highest BCUT2D eigenvalue weighted by Gasteiger charge is 2.24. The normalized spacial score (nSPS) is 11.2. The molecule has 2 amide bonds. The van der Waals surface area contributed by atoms with Crippen molar-refractivity contribution in [2.75, 3.05) is 26.7 Å². The number of carbonyl (C=O) groups is 2. The second-order valence-corrected chi connectivity index (χ2v) is 7.95. The maximum absolute atomic E-state index is 12.4. The average Bonchev–Trinajstić information content (AvgIpc) is 3.03. The van der Waals surface area contributed by atoms with Gasteiger partial charge in [0.2, 0.25) is 5.82 Å². The third-order valence-corrected chi connectivity index (χ3v) is 4.18. The van der Waals surface area contributed by atoms with Crippen LogP contribution in [0.15, 0.2) is 24.5 Å². The van der Waals surface area contributed by atoms with E-state index in [1.807, 2.05) is 39.8 Å². The van der Waals surface area contributed by atoms with Crippen LogP contribution in [0.5, 0.6) is 5.75 Å². The van der Waals surface area contributed by atoms with Crippen molar-refractivity contribution in [1.29, 1.82) is 0 Å². The van der Waals surface area contributed by atoms with Gasteiger partial charge in [-0.15, -0.1) is 5.10 Å². The number of benzene rings is 1. The largest absolute Gasteiger partial charge is 0.484 e.